The number of H-pyrrole nitrogens is 1. The van der Waals surface area contributed by atoms with Gasteiger partial charge in [0.1, 0.15) is 24.0 Å². The number of likely N-dealkylation sites (N-methyl/N-ethyl adjacent to an activating group) is 1. The number of ether oxygens (including phenoxy) is 3. The number of pyridine rings is 1. The number of nitrogens with zero attached hydrogens (tertiary/aromatic N) is 5. The van der Waals surface area contributed by atoms with Gasteiger partial charge in [0.25, 0.3) is 11.6 Å². The molecule has 4 N–H and O–H groups in total. The third kappa shape index (κ3) is 5.38. The van der Waals surface area contributed by atoms with Gasteiger partial charge in [-0.25, -0.2) is 8.42 Å². The molecule has 4 aliphatic rings. The number of hydrogen-bond acceptors (Lipinski definition) is 13. The molecule has 16 nitrogen and oxygen atoms in total. The van der Waals surface area contributed by atoms with Crippen LogP contribution in [0.1, 0.15) is 10.4 Å². The molecule has 2 saturated heterocycles. The van der Waals surface area contributed by atoms with E-state index in [1.165, 1.54) is 24.3 Å². The Kier molecular flexibility index (Phi) is 7.58. The Balaban J connectivity index is 1.23. The number of nitro groups is 1. The number of benzene rings is 2. The summed E-state index contributed by atoms with van der Waals surface area (Å²) in [5.41, 5.74) is 6.48. The molecule has 0 radical (unpaired) electrons. The lowest BCUT2D eigenvalue weighted by Gasteiger charge is -2.40. The molecule has 0 spiro atoms. The van der Waals surface area contributed by atoms with Gasteiger partial charge in [0.2, 0.25) is 15.7 Å². The summed E-state index contributed by atoms with van der Waals surface area (Å²) in [6.45, 7) is 4.75. The fourth-order valence-electron chi connectivity index (χ4n) is 7.02. The van der Waals surface area contributed by atoms with Crippen LogP contribution in [0.3, 0.4) is 0 Å². The number of carbonyl (C=O) groups is 1. The van der Waals surface area contributed by atoms with E-state index in [1.807, 2.05) is 6.07 Å². The minimum Gasteiger partial charge on any atom is -0.489 e. The molecular formula is C32H34N8O8S. The molecule has 0 unspecified atom stereocenters. The summed E-state index contributed by atoms with van der Waals surface area (Å²) in [5, 5.41) is 16.4. The second-order valence-electron chi connectivity index (χ2n) is 12.7. The number of fused-ring (bicyclic) bond motifs is 4. The van der Waals surface area contributed by atoms with Gasteiger partial charge in [0.05, 0.1) is 51.3 Å². The molecule has 2 aromatic heterocycles. The first-order chi connectivity index (χ1) is 23.6. The molecule has 0 bridgehead atoms. The zero-order valence-electron chi connectivity index (χ0n) is 26.5. The van der Waals surface area contributed by atoms with Crippen LogP contribution in [-0.4, -0.2) is 117 Å². The van der Waals surface area contributed by atoms with Crippen LogP contribution >= 0.6 is 0 Å². The maximum Gasteiger partial charge on any atom is 0.297 e. The quantitative estimate of drug-likeness (QED) is 0.188. The van der Waals surface area contributed by atoms with E-state index in [4.69, 9.17) is 19.9 Å². The number of nitro benzene ring substituents is 1. The van der Waals surface area contributed by atoms with Crippen LogP contribution in [0.25, 0.3) is 11.0 Å². The molecule has 2 aromatic carbocycles. The van der Waals surface area contributed by atoms with E-state index in [0.717, 1.165) is 37.6 Å². The normalized spacial score (nSPS) is 22.4. The fourth-order valence-corrected chi connectivity index (χ4v) is 8.53. The van der Waals surface area contributed by atoms with Crippen molar-refractivity contribution in [1.82, 2.24) is 19.8 Å². The molecule has 8 rings (SSSR count). The molecule has 3 atom stereocenters. The summed E-state index contributed by atoms with van der Waals surface area (Å²) in [6.07, 6.45) is 1.19. The highest BCUT2D eigenvalue weighted by atomic mass is 32.2. The van der Waals surface area contributed by atoms with Crippen molar-refractivity contribution in [2.24, 2.45) is 5.73 Å². The van der Waals surface area contributed by atoms with E-state index in [-0.39, 0.29) is 64.2 Å². The molecule has 0 saturated carbocycles. The topological polar surface area (TPSA) is 198 Å². The number of primary amides is 1. The number of nitrogens with two attached hydrogens (primary N) is 1. The largest absolute Gasteiger partial charge is 0.489 e. The molecule has 256 valence electrons. The van der Waals surface area contributed by atoms with Crippen LogP contribution in [-0.2, 0) is 14.6 Å². The molecule has 2 fully saturated rings. The fraction of sp³-hybridized carbons (Fsp3) is 0.375. The Labute approximate surface area is 280 Å². The number of aromatic nitrogens is 2. The second kappa shape index (κ2) is 11.9. The molecule has 0 aliphatic carbocycles. The van der Waals surface area contributed by atoms with Crippen LogP contribution in [0.2, 0.25) is 0 Å². The number of sulfone groups is 1. The van der Waals surface area contributed by atoms with E-state index in [0.29, 0.717) is 17.9 Å². The van der Waals surface area contributed by atoms with Crippen LogP contribution in [0.5, 0.6) is 11.6 Å². The Morgan fingerprint density at radius 1 is 1.12 bits per heavy atom. The third-order valence-corrected chi connectivity index (χ3v) is 11.3. The SMILES string of the molecule is CN1CCN(C[C@@H]2COc3cc(S(=O)(=O)c4cccc(C(N)=O)c4N4c5cc6cc[nH]c6nc5O[C@H]5COC[C@@H]54)cc([N+](=O)[O-])c3N2)CC1. The molecule has 6 heterocycles. The number of piperazine rings is 1. The van der Waals surface area contributed by atoms with Gasteiger partial charge in [-0.05, 0) is 31.3 Å². The summed E-state index contributed by atoms with van der Waals surface area (Å²) >= 11 is 0. The molecule has 4 aliphatic heterocycles. The van der Waals surface area contributed by atoms with Crippen LogP contribution in [0.4, 0.5) is 22.7 Å². The number of nitrogens with one attached hydrogen (secondary N) is 2. The van der Waals surface area contributed by atoms with Gasteiger partial charge in [0.15, 0.2) is 11.4 Å². The highest BCUT2D eigenvalue weighted by molar-refractivity contribution is 7.91. The van der Waals surface area contributed by atoms with Crippen molar-refractivity contribution in [3.05, 3.63) is 64.3 Å². The van der Waals surface area contributed by atoms with Crippen molar-refractivity contribution >= 4 is 49.5 Å². The van der Waals surface area contributed by atoms with E-state index < -0.39 is 38.5 Å². The summed E-state index contributed by atoms with van der Waals surface area (Å²) in [4.78, 5) is 38.0. The standard InChI is InChI=1S/C32H34N8O8S/c1-37-7-9-38(10-8-37)14-19-15-47-25-13-20(12-22(40(42)43)28(25)35-19)49(44,45)27-4-2-3-21(30(33)41)29(27)39-23-11-18-5-6-34-31(18)36-32(23)48-26-17-46-16-24(26)39/h2-6,11-13,19,24,26,35H,7-10,14-17H2,1H3,(H2,33,41)(H,34,36)/t19-,24+,26+/m1/s1. The van der Waals surface area contributed by atoms with Crippen molar-refractivity contribution < 1.29 is 32.3 Å². The number of aromatic amines is 1. The van der Waals surface area contributed by atoms with E-state index in [1.54, 1.807) is 17.2 Å². The Hall–Kier alpha value is -4.97. The Morgan fingerprint density at radius 3 is 2.71 bits per heavy atom. The van der Waals surface area contributed by atoms with Crippen LogP contribution < -0.4 is 25.4 Å². The minimum absolute atomic E-state index is 0.00314. The minimum atomic E-state index is -4.55. The maximum absolute atomic E-state index is 14.7. The van der Waals surface area contributed by atoms with E-state index in [9.17, 15) is 23.3 Å². The Morgan fingerprint density at radius 2 is 1.94 bits per heavy atom. The van der Waals surface area contributed by atoms with Crippen LogP contribution in [0.15, 0.2) is 58.5 Å². The average molecular weight is 691 g/mol. The van der Waals surface area contributed by atoms with Gasteiger partial charge < -0.3 is 40.0 Å². The van der Waals surface area contributed by atoms with Gasteiger partial charge in [0, 0.05) is 56.4 Å². The molecular weight excluding hydrogens is 656 g/mol. The molecule has 4 aromatic rings. The first-order valence-corrected chi connectivity index (χ1v) is 17.4. The number of rotatable bonds is 7. The van der Waals surface area contributed by atoms with E-state index >= 15 is 0 Å². The smallest absolute Gasteiger partial charge is 0.297 e. The average Bonchev–Trinajstić information content (AvgIpc) is 3.75. The summed E-state index contributed by atoms with van der Waals surface area (Å²) in [7, 11) is -2.49. The first-order valence-electron chi connectivity index (χ1n) is 15.9. The molecule has 49 heavy (non-hydrogen) atoms. The monoisotopic (exact) mass is 690 g/mol. The van der Waals surface area contributed by atoms with Crippen molar-refractivity contribution in [2.45, 2.75) is 28.0 Å². The highest BCUT2D eigenvalue weighted by Crippen LogP contribution is 2.48. The number of para-hydroxylation sites is 1. The highest BCUT2D eigenvalue weighted by Gasteiger charge is 2.45. The summed E-state index contributed by atoms with van der Waals surface area (Å²) in [5.74, 6) is -0.587. The third-order valence-electron chi connectivity index (χ3n) is 9.55. The van der Waals surface area contributed by atoms with Gasteiger partial charge in [-0.1, -0.05) is 6.07 Å². The first kappa shape index (κ1) is 31.3. The van der Waals surface area contributed by atoms with Crippen molar-refractivity contribution in [2.75, 3.05) is 69.8 Å². The number of hydrogen-bond donors (Lipinski definition) is 3. The summed E-state index contributed by atoms with van der Waals surface area (Å²) < 4.78 is 47.3. The van der Waals surface area contributed by atoms with E-state index in [2.05, 4.69) is 32.1 Å². The second-order valence-corrected chi connectivity index (χ2v) is 14.6. The van der Waals surface area contributed by atoms with Crippen LogP contribution in [0, 0.1) is 10.1 Å². The summed E-state index contributed by atoms with van der Waals surface area (Å²) in [6, 6.07) is 9.37. The molecule has 1 amide bonds. The lowest BCUT2D eigenvalue weighted by atomic mass is 10.0. The van der Waals surface area contributed by atoms with Crippen molar-refractivity contribution in [3.63, 3.8) is 0 Å². The Bertz CT molecular complexity index is 2100. The number of carbonyl (C=O) groups excluding carboxylic acids is 1. The number of amides is 1. The predicted molar refractivity (Wildman–Crippen MR) is 178 cm³/mol. The zero-order valence-corrected chi connectivity index (χ0v) is 27.3. The number of anilines is 3. The van der Waals surface area contributed by atoms with Gasteiger partial charge >= 0.3 is 0 Å². The lowest BCUT2D eigenvalue weighted by molar-refractivity contribution is -0.384. The predicted octanol–water partition coefficient (Wildman–Crippen LogP) is 2.12. The maximum atomic E-state index is 14.7. The molecule has 17 heteroatoms. The zero-order chi connectivity index (χ0) is 34.0. The van der Waals surface area contributed by atoms with Crippen molar-refractivity contribution in [1.29, 1.82) is 0 Å². The van der Waals surface area contributed by atoms with Crippen molar-refractivity contribution in [3.8, 4) is 11.6 Å². The van der Waals surface area contributed by atoms with Gasteiger partial charge in [-0.3, -0.25) is 19.8 Å². The van der Waals surface area contributed by atoms with Gasteiger partial charge in [-0.2, -0.15) is 4.98 Å². The lowest BCUT2D eigenvalue weighted by Crippen LogP contribution is -2.50. The van der Waals surface area contributed by atoms with Gasteiger partial charge in [-0.15, -0.1) is 0 Å².